The Bertz CT molecular complexity index is 521. The van der Waals surface area contributed by atoms with Crippen molar-refractivity contribution >= 4 is 28.2 Å². The second-order valence-electron chi connectivity index (χ2n) is 3.53. The van der Waals surface area contributed by atoms with Gasteiger partial charge in [-0.3, -0.25) is 4.79 Å². The number of nitrogens with zero attached hydrogens (tertiary/aromatic N) is 1. The molecule has 0 aromatic carbocycles. The number of carbonyl (C=O) groups excluding carboxylic acids is 1. The molecule has 0 fully saturated rings. The minimum atomic E-state index is -0.245. The predicted molar refractivity (Wildman–Crippen MR) is 70.6 cm³/mol. The van der Waals surface area contributed by atoms with Crippen molar-refractivity contribution in [2.45, 2.75) is 13.5 Å². The molecule has 96 valence electrons. The molecule has 2 rings (SSSR count). The number of furan rings is 1. The summed E-state index contributed by atoms with van der Waals surface area (Å²) in [4.78, 5) is 16.4. The topological polar surface area (TPSA) is 93.2 Å². The van der Waals surface area contributed by atoms with Crippen LogP contribution in [-0.4, -0.2) is 17.4 Å². The van der Waals surface area contributed by atoms with Crippen LogP contribution in [0.5, 0.6) is 0 Å². The van der Waals surface area contributed by atoms with Crippen molar-refractivity contribution in [2.24, 2.45) is 0 Å². The van der Waals surface area contributed by atoms with Crippen LogP contribution in [0.15, 0.2) is 22.8 Å². The van der Waals surface area contributed by atoms with Crippen molar-refractivity contribution in [3.8, 4) is 0 Å². The molecule has 0 radical (unpaired) electrons. The van der Waals surface area contributed by atoms with E-state index in [-0.39, 0.29) is 11.7 Å². The fraction of sp³-hybridized carbons (Fsp3) is 0.273. The highest BCUT2D eigenvalue weighted by atomic mass is 32.1. The highest BCUT2D eigenvalue weighted by Crippen LogP contribution is 2.24. The number of carbonyl (C=O) groups is 1. The van der Waals surface area contributed by atoms with Crippen LogP contribution in [0.25, 0.3) is 0 Å². The molecular formula is C11H14N4O2S. The molecule has 1 amide bonds. The van der Waals surface area contributed by atoms with Gasteiger partial charge in [0.1, 0.15) is 16.5 Å². The highest BCUT2D eigenvalue weighted by Gasteiger charge is 2.15. The van der Waals surface area contributed by atoms with E-state index in [1.807, 2.05) is 6.92 Å². The average molecular weight is 266 g/mol. The number of anilines is 2. The van der Waals surface area contributed by atoms with Crippen molar-refractivity contribution in [1.29, 1.82) is 0 Å². The monoisotopic (exact) mass is 266 g/mol. The van der Waals surface area contributed by atoms with E-state index in [9.17, 15) is 4.79 Å². The fourth-order valence-corrected chi connectivity index (χ4v) is 2.25. The second-order valence-corrected chi connectivity index (χ2v) is 4.52. The zero-order chi connectivity index (χ0) is 13.0. The van der Waals surface area contributed by atoms with Crippen LogP contribution in [0.4, 0.5) is 10.9 Å². The first-order chi connectivity index (χ1) is 8.70. The number of nitrogens with one attached hydrogen (secondary N) is 2. The third kappa shape index (κ3) is 2.80. The maximum atomic E-state index is 11.9. The number of amides is 1. The molecule has 0 unspecified atom stereocenters. The smallest absolute Gasteiger partial charge is 0.265 e. The number of hydrogen-bond acceptors (Lipinski definition) is 6. The average Bonchev–Trinajstić information content (AvgIpc) is 2.96. The Morgan fingerprint density at radius 2 is 2.44 bits per heavy atom. The molecule has 0 saturated carbocycles. The van der Waals surface area contributed by atoms with Crippen molar-refractivity contribution in [1.82, 2.24) is 10.3 Å². The first-order valence-corrected chi connectivity index (χ1v) is 6.33. The van der Waals surface area contributed by atoms with Gasteiger partial charge < -0.3 is 20.8 Å². The summed E-state index contributed by atoms with van der Waals surface area (Å²) in [6.45, 7) is 3.02. The van der Waals surface area contributed by atoms with Crippen LogP contribution in [0, 0.1) is 0 Å². The fourth-order valence-electron chi connectivity index (χ4n) is 1.38. The lowest BCUT2D eigenvalue weighted by molar-refractivity contribution is 0.0953. The largest absolute Gasteiger partial charge is 0.467 e. The molecule has 0 atom stereocenters. The van der Waals surface area contributed by atoms with Crippen LogP contribution in [-0.2, 0) is 6.54 Å². The number of nitrogens with two attached hydrogens (primary N) is 1. The lowest BCUT2D eigenvalue weighted by Crippen LogP contribution is -2.22. The molecule has 0 aliphatic rings. The molecule has 18 heavy (non-hydrogen) atoms. The molecule has 2 aromatic rings. The van der Waals surface area contributed by atoms with Crippen LogP contribution in [0.3, 0.4) is 0 Å². The first-order valence-electron chi connectivity index (χ1n) is 5.51. The first kappa shape index (κ1) is 12.4. The Morgan fingerprint density at radius 1 is 1.61 bits per heavy atom. The maximum Gasteiger partial charge on any atom is 0.265 e. The van der Waals surface area contributed by atoms with Crippen LogP contribution in [0.1, 0.15) is 22.4 Å². The highest BCUT2D eigenvalue weighted by molar-refractivity contribution is 7.18. The molecule has 4 N–H and O–H groups in total. The van der Waals surface area contributed by atoms with Gasteiger partial charge in [-0.2, -0.15) is 0 Å². The van der Waals surface area contributed by atoms with Gasteiger partial charge in [-0.05, 0) is 19.1 Å². The summed E-state index contributed by atoms with van der Waals surface area (Å²) in [5.41, 5.74) is 5.70. The van der Waals surface area contributed by atoms with E-state index >= 15 is 0 Å². The Morgan fingerprint density at radius 3 is 3.11 bits per heavy atom. The van der Waals surface area contributed by atoms with Crippen molar-refractivity contribution in [3.05, 3.63) is 29.0 Å². The lowest BCUT2D eigenvalue weighted by Gasteiger charge is -2.00. The molecule has 6 nitrogen and oxygen atoms in total. The van der Waals surface area contributed by atoms with E-state index < -0.39 is 0 Å². The Kier molecular flexibility index (Phi) is 3.83. The minimum absolute atomic E-state index is 0.243. The Balaban J connectivity index is 2.00. The van der Waals surface area contributed by atoms with Gasteiger partial charge >= 0.3 is 0 Å². The zero-order valence-electron chi connectivity index (χ0n) is 9.90. The van der Waals surface area contributed by atoms with Gasteiger partial charge in [0.25, 0.3) is 5.91 Å². The Hall–Kier alpha value is -2.02. The van der Waals surface area contributed by atoms with Crippen LogP contribution < -0.4 is 16.4 Å². The Labute approximate surface area is 108 Å². The predicted octanol–water partition coefficient (Wildman–Crippen LogP) is 1.68. The summed E-state index contributed by atoms with van der Waals surface area (Å²) < 4.78 is 5.12. The van der Waals surface area contributed by atoms with Gasteiger partial charge in [0.2, 0.25) is 0 Å². The summed E-state index contributed by atoms with van der Waals surface area (Å²) in [7, 11) is 0. The summed E-state index contributed by atoms with van der Waals surface area (Å²) in [6.07, 6.45) is 1.56. The van der Waals surface area contributed by atoms with Crippen LogP contribution >= 0.6 is 11.3 Å². The van der Waals surface area contributed by atoms with E-state index in [4.69, 9.17) is 10.2 Å². The van der Waals surface area contributed by atoms with Gasteiger partial charge in [-0.25, -0.2) is 4.98 Å². The van der Waals surface area contributed by atoms with E-state index in [0.717, 1.165) is 6.54 Å². The molecule has 0 aliphatic carbocycles. The molecule has 0 bridgehead atoms. The summed E-state index contributed by atoms with van der Waals surface area (Å²) >= 11 is 1.24. The van der Waals surface area contributed by atoms with Gasteiger partial charge in [-0.1, -0.05) is 11.3 Å². The molecular weight excluding hydrogens is 252 g/mol. The van der Waals surface area contributed by atoms with E-state index in [1.165, 1.54) is 11.3 Å². The van der Waals surface area contributed by atoms with Gasteiger partial charge in [-0.15, -0.1) is 0 Å². The van der Waals surface area contributed by atoms with E-state index in [2.05, 4.69) is 15.6 Å². The SMILES string of the molecule is CCNc1nc(N)c(C(=O)NCc2ccco2)s1. The summed E-state index contributed by atoms with van der Waals surface area (Å²) in [5.74, 6) is 0.691. The molecule has 0 saturated heterocycles. The van der Waals surface area contributed by atoms with E-state index in [0.29, 0.717) is 22.3 Å². The zero-order valence-corrected chi connectivity index (χ0v) is 10.7. The van der Waals surface area contributed by atoms with E-state index in [1.54, 1.807) is 18.4 Å². The van der Waals surface area contributed by atoms with Crippen molar-refractivity contribution < 1.29 is 9.21 Å². The lowest BCUT2D eigenvalue weighted by atomic mass is 10.4. The molecule has 0 aliphatic heterocycles. The molecule has 7 heteroatoms. The van der Waals surface area contributed by atoms with Gasteiger partial charge in [0.15, 0.2) is 5.13 Å². The number of nitrogen functional groups attached to an aromatic ring is 1. The minimum Gasteiger partial charge on any atom is -0.467 e. The van der Waals surface area contributed by atoms with Crippen LogP contribution in [0.2, 0.25) is 0 Å². The quantitative estimate of drug-likeness (QED) is 0.765. The normalized spacial score (nSPS) is 10.3. The van der Waals surface area contributed by atoms with Gasteiger partial charge in [0, 0.05) is 6.54 Å². The van der Waals surface area contributed by atoms with Crippen molar-refractivity contribution in [3.63, 3.8) is 0 Å². The third-order valence-corrected chi connectivity index (χ3v) is 3.22. The van der Waals surface area contributed by atoms with Gasteiger partial charge in [0.05, 0.1) is 12.8 Å². The number of aromatic nitrogens is 1. The summed E-state index contributed by atoms with van der Waals surface area (Å²) in [5, 5.41) is 6.40. The molecule has 2 heterocycles. The second kappa shape index (κ2) is 5.54. The number of thiazole rings is 1. The standard InChI is InChI=1S/C11H14N4O2S/c1-2-13-11-15-9(12)8(18-11)10(16)14-6-7-4-3-5-17-7/h3-5H,2,6,12H2,1H3,(H,13,15)(H,14,16). The van der Waals surface area contributed by atoms with Crippen molar-refractivity contribution in [2.75, 3.05) is 17.6 Å². The summed E-state index contributed by atoms with van der Waals surface area (Å²) in [6, 6.07) is 3.56. The molecule has 2 aromatic heterocycles. The third-order valence-electron chi connectivity index (χ3n) is 2.19. The number of rotatable bonds is 5. The maximum absolute atomic E-state index is 11.9. The molecule has 0 spiro atoms. The number of hydrogen-bond donors (Lipinski definition) is 3.